The van der Waals surface area contributed by atoms with Crippen LogP contribution in [-0.2, 0) is 11.3 Å². The molecule has 0 bridgehead atoms. The van der Waals surface area contributed by atoms with E-state index in [1.807, 2.05) is 11.9 Å². The van der Waals surface area contributed by atoms with Crippen LogP contribution in [0.1, 0.15) is 28.4 Å². The highest BCUT2D eigenvalue weighted by Gasteiger charge is 2.52. The predicted molar refractivity (Wildman–Crippen MR) is 76.2 cm³/mol. The summed E-state index contributed by atoms with van der Waals surface area (Å²) < 4.78 is 0. The van der Waals surface area contributed by atoms with Crippen molar-refractivity contribution >= 4 is 17.2 Å². The molecule has 2 saturated heterocycles. The van der Waals surface area contributed by atoms with Gasteiger partial charge in [0.1, 0.15) is 0 Å². The first kappa shape index (κ1) is 13.1. The van der Waals surface area contributed by atoms with Gasteiger partial charge in [-0.1, -0.05) is 0 Å². The summed E-state index contributed by atoms with van der Waals surface area (Å²) in [5.74, 6) is 0.342. The largest absolute Gasteiger partial charge is 0.344 e. The summed E-state index contributed by atoms with van der Waals surface area (Å²) in [7, 11) is 1.91. The van der Waals surface area contributed by atoms with Crippen molar-refractivity contribution in [3.8, 4) is 0 Å². The first-order valence-corrected chi connectivity index (χ1v) is 7.73. The minimum Gasteiger partial charge on any atom is -0.344 e. The third-order valence-corrected chi connectivity index (χ3v) is 5.42. The smallest absolute Gasteiger partial charge is 0.231 e. The number of thiazole rings is 1. The number of carbonyl (C=O) groups excluding carboxylic acids is 1. The number of carbonyl (C=O) groups is 1. The summed E-state index contributed by atoms with van der Waals surface area (Å²) in [6.07, 6.45) is 2.20. The first-order chi connectivity index (χ1) is 9.00. The minimum absolute atomic E-state index is 0.0688. The quantitative estimate of drug-likeness (QED) is 0.775. The molecule has 1 aromatic rings. The van der Waals surface area contributed by atoms with Crippen molar-refractivity contribution in [2.24, 2.45) is 5.41 Å². The standard InChI is InChI=1S/C14H21N3OS/c1-10-12(19-11(2)15-10)7-17-6-4-5-14(9-17)8-16(3)13(14)18/h4-9H2,1-3H3/t14-/m0/s1. The summed E-state index contributed by atoms with van der Waals surface area (Å²) in [6, 6.07) is 0. The van der Waals surface area contributed by atoms with Gasteiger partial charge in [-0.15, -0.1) is 11.3 Å². The number of piperidine rings is 1. The Hall–Kier alpha value is -0.940. The van der Waals surface area contributed by atoms with Crippen LogP contribution in [0.2, 0.25) is 0 Å². The number of aromatic nitrogens is 1. The first-order valence-electron chi connectivity index (χ1n) is 6.91. The number of aryl methyl sites for hydroxylation is 2. The van der Waals surface area contributed by atoms with Crippen molar-refractivity contribution in [2.45, 2.75) is 33.2 Å². The van der Waals surface area contributed by atoms with E-state index < -0.39 is 0 Å². The number of β-lactam (4-membered cyclic amide) rings is 1. The highest BCUT2D eigenvalue weighted by molar-refractivity contribution is 7.11. The fourth-order valence-corrected chi connectivity index (χ4v) is 4.48. The van der Waals surface area contributed by atoms with Crippen molar-refractivity contribution in [1.82, 2.24) is 14.8 Å². The molecule has 0 aliphatic carbocycles. The van der Waals surface area contributed by atoms with Crippen molar-refractivity contribution in [3.63, 3.8) is 0 Å². The average molecular weight is 279 g/mol. The zero-order chi connectivity index (χ0) is 13.6. The topological polar surface area (TPSA) is 36.4 Å². The lowest BCUT2D eigenvalue weighted by atomic mass is 9.72. The minimum atomic E-state index is -0.0688. The molecular formula is C14H21N3OS. The van der Waals surface area contributed by atoms with E-state index in [-0.39, 0.29) is 5.41 Å². The van der Waals surface area contributed by atoms with Crippen LogP contribution in [0.5, 0.6) is 0 Å². The Kier molecular flexibility index (Phi) is 3.14. The van der Waals surface area contributed by atoms with E-state index in [1.54, 1.807) is 11.3 Å². The molecule has 5 heteroatoms. The van der Waals surface area contributed by atoms with E-state index in [9.17, 15) is 4.79 Å². The predicted octanol–water partition coefficient (Wildman–Crippen LogP) is 1.81. The van der Waals surface area contributed by atoms with Crippen LogP contribution in [0.25, 0.3) is 0 Å². The van der Waals surface area contributed by atoms with Gasteiger partial charge in [-0.2, -0.15) is 0 Å². The van der Waals surface area contributed by atoms with Crippen molar-refractivity contribution in [1.29, 1.82) is 0 Å². The van der Waals surface area contributed by atoms with E-state index in [1.165, 1.54) is 4.88 Å². The van der Waals surface area contributed by atoms with Crippen molar-refractivity contribution in [2.75, 3.05) is 26.7 Å². The molecule has 4 nitrogen and oxygen atoms in total. The number of rotatable bonds is 2. The monoisotopic (exact) mass is 279 g/mol. The molecule has 0 aromatic carbocycles. The Bertz CT molecular complexity index is 509. The molecule has 1 atom stereocenters. The van der Waals surface area contributed by atoms with Gasteiger partial charge in [0.05, 0.1) is 16.1 Å². The van der Waals surface area contributed by atoms with E-state index in [0.717, 1.165) is 49.7 Å². The van der Waals surface area contributed by atoms with Gasteiger partial charge in [0.2, 0.25) is 5.91 Å². The maximum Gasteiger partial charge on any atom is 0.231 e. The molecule has 104 valence electrons. The number of amides is 1. The van der Waals surface area contributed by atoms with Crippen molar-refractivity contribution < 1.29 is 4.79 Å². The second-order valence-electron chi connectivity index (χ2n) is 6.00. The molecule has 3 heterocycles. The van der Waals surface area contributed by atoms with Gasteiger partial charge >= 0.3 is 0 Å². The molecule has 2 aliphatic heterocycles. The summed E-state index contributed by atoms with van der Waals surface area (Å²) in [4.78, 5) is 22.2. The number of likely N-dealkylation sites (tertiary alicyclic amines) is 2. The van der Waals surface area contributed by atoms with E-state index in [0.29, 0.717) is 5.91 Å². The molecule has 2 aliphatic rings. The molecule has 0 N–H and O–H groups in total. The highest BCUT2D eigenvalue weighted by atomic mass is 32.1. The molecule has 19 heavy (non-hydrogen) atoms. The van der Waals surface area contributed by atoms with Gasteiger partial charge in [0.25, 0.3) is 0 Å². The summed E-state index contributed by atoms with van der Waals surface area (Å²) >= 11 is 1.79. The van der Waals surface area contributed by atoms with Crippen LogP contribution in [0.15, 0.2) is 0 Å². The molecule has 0 saturated carbocycles. The molecule has 1 aromatic heterocycles. The van der Waals surface area contributed by atoms with Crippen LogP contribution < -0.4 is 0 Å². The Labute approximate surface area is 118 Å². The van der Waals surface area contributed by atoms with Crippen LogP contribution in [-0.4, -0.2) is 47.4 Å². The van der Waals surface area contributed by atoms with Gasteiger partial charge in [0, 0.05) is 31.6 Å². The molecule has 1 spiro atoms. The summed E-state index contributed by atoms with van der Waals surface area (Å²) in [6.45, 7) is 8.06. The third-order valence-electron chi connectivity index (χ3n) is 4.36. The highest BCUT2D eigenvalue weighted by Crippen LogP contribution is 2.40. The van der Waals surface area contributed by atoms with Crippen LogP contribution in [0, 0.1) is 19.3 Å². The van der Waals surface area contributed by atoms with Crippen LogP contribution in [0.4, 0.5) is 0 Å². The molecule has 0 radical (unpaired) electrons. The fraction of sp³-hybridized carbons (Fsp3) is 0.714. The van der Waals surface area contributed by atoms with Gasteiger partial charge in [0.15, 0.2) is 0 Å². The molecule has 1 amide bonds. The molecular weight excluding hydrogens is 258 g/mol. The lowest BCUT2D eigenvalue weighted by Gasteiger charge is -2.52. The number of hydrogen-bond acceptors (Lipinski definition) is 4. The number of nitrogens with zero attached hydrogens (tertiary/aromatic N) is 3. The maximum atomic E-state index is 12.1. The van der Waals surface area contributed by atoms with Gasteiger partial charge < -0.3 is 4.90 Å². The fourth-order valence-electron chi connectivity index (χ4n) is 3.50. The Balaban J connectivity index is 1.69. The second kappa shape index (κ2) is 4.56. The lowest BCUT2D eigenvalue weighted by molar-refractivity contribution is -0.163. The molecule has 0 unspecified atom stereocenters. The van der Waals surface area contributed by atoms with Crippen LogP contribution in [0.3, 0.4) is 0 Å². The SMILES string of the molecule is Cc1nc(C)c(CN2CCC[C@@]3(C2)CN(C)C3=O)s1. The van der Waals surface area contributed by atoms with Gasteiger partial charge in [-0.3, -0.25) is 9.69 Å². The lowest BCUT2D eigenvalue weighted by Crippen LogP contribution is -2.65. The summed E-state index contributed by atoms with van der Waals surface area (Å²) in [5, 5.41) is 1.14. The zero-order valence-electron chi connectivity index (χ0n) is 11.9. The van der Waals surface area contributed by atoms with Crippen LogP contribution >= 0.6 is 11.3 Å². The zero-order valence-corrected chi connectivity index (χ0v) is 12.7. The van der Waals surface area contributed by atoms with Gasteiger partial charge in [-0.25, -0.2) is 4.98 Å². The Morgan fingerprint density at radius 3 is 2.74 bits per heavy atom. The maximum absolute atomic E-state index is 12.1. The normalized spacial score (nSPS) is 27.9. The second-order valence-corrected chi connectivity index (χ2v) is 7.28. The van der Waals surface area contributed by atoms with E-state index in [2.05, 4.69) is 23.7 Å². The number of hydrogen-bond donors (Lipinski definition) is 0. The van der Waals surface area contributed by atoms with E-state index >= 15 is 0 Å². The third kappa shape index (κ3) is 2.19. The molecule has 2 fully saturated rings. The summed E-state index contributed by atoms with van der Waals surface area (Å²) in [5.41, 5.74) is 1.08. The van der Waals surface area contributed by atoms with E-state index in [4.69, 9.17) is 0 Å². The molecule has 3 rings (SSSR count). The Morgan fingerprint density at radius 2 is 2.16 bits per heavy atom. The van der Waals surface area contributed by atoms with Crippen molar-refractivity contribution in [3.05, 3.63) is 15.6 Å². The Morgan fingerprint density at radius 1 is 1.37 bits per heavy atom. The average Bonchev–Trinajstić information content (AvgIpc) is 2.68. The van der Waals surface area contributed by atoms with Gasteiger partial charge in [-0.05, 0) is 33.2 Å².